The number of nitrogen functional groups attached to an aromatic ring is 1. The lowest BCUT2D eigenvalue weighted by atomic mass is 10.1. The number of nitrogens with two attached hydrogens (primary N) is 1. The van der Waals surface area contributed by atoms with E-state index < -0.39 is 82.4 Å². The van der Waals surface area contributed by atoms with Crippen LogP contribution in [0.2, 0.25) is 0 Å². The number of nitrogens with zero attached hydrogens (tertiary/aromatic N) is 7. The van der Waals surface area contributed by atoms with Gasteiger partial charge in [-0.3, -0.25) is 27.5 Å². The molecule has 24 heteroatoms. The van der Waals surface area contributed by atoms with Crippen molar-refractivity contribution >= 4 is 54.5 Å². The predicted molar refractivity (Wildman–Crippen MR) is 150 cm³/mol. The fourth-order valence-electron chi connectivity index (χ4n) is 5.39. The number of aryl methyl sites for hydroxylation is 1. The molecule has 242 valence electrons. The Kier molecular flexibility index (Phi) is 7.64. The van der Waals surface area contributed by atoms with Crippen molar-refractivity contribution in [2.24, 2.45) is 0 Å². The maximum absolute atomic E-state index is 13.2. The van der Waals surface area contributed by atoms with Gasteiger partial charge in [0.15, 0.2) is 35.1 Å². The van der Waals surface area contributed by atoms with E-state index in [1.165, 1.54) is 35.0 Å². The van der Waals surface area contributed by atoms with Crippen molar-refractivity contribution in [2.75, 3.05) is 18.9 Å². The van der Waals surface area contributed by atoms with Gasteiger partial charge in [-0.1, -0.05) is 0 Å². The molecular formula is C21H25N9O12P2S. The molecule has 4 unspecified atom stereocenters. The zero-order chi connectivity index (χ0) is 31.8. The van der Waals surface area contributed by atoms with Gasteiger partial charge in [-0.15, -0.1) is 0 Å². The van der Waals surface area contributed by atoms with Gasteiger partial charge in [-0.2, -0.15) is 0 Å². The van der Waals surface area contributed by atoms with Crippen LogP contribution in [-0.4, -0.2) is 109 Å². The van der Waals surface area contributed by atoms with E-state index in [4.69, 9.17) is 45.1 Å². The zero-order valence-electron chi connectivity index (χ0n) is 22.8. The summed E-state index contributed by atoms with van der Waals surface area (Å²) in [6.45, 7) is -3.99. The highest BCUT2D eigenvalue weighted by Gasteiger charge is 2.53. The minimum atomic E-state index is -5.04. The van der Waals surface area contributed by atoms with Crippen LogP contribution in [0.5, 0.6) is 0 Å². The van der Waals surface area contributed by atoms with E-state index in [0.717, 1.165) is 0 Å². The molecule has 7 heterocycles. The second-order valence-corrected chi connectivity index (χ2v) is 14.5. The van der Waals surface area contributed by atoms with Crippen molar-refractivity contribution in [3.8, 4) is 0 Å². The van der Waals surface area contributed by atoms with Crippen LogP contribution in [0.25, 0.3) is 22.3 Å². The van der Waals surface area contributed by atoms with E-state index >= 15 is 0 Å². The predicted octanol–water partition coefficient (Wildman–Crippen LogP) is -1.50. The summed E-state index contributed by atoms with van der Waals surface area (Å²) in [5.74, 6) is 0.317. The minimum Gasteiger partial charge on any atom is -0.387 e. The number of phosphoric acid groups is 1. The normalized spacial score (nSPS) is 37.7. The molecule has 21 nitrogen and oxygen atoms in total. The zero-order valence-corrected chi connectivity index (χ0v) is 25.4. The Labute approximate surface area is 255 Å². The minimum absolute atomic E-state index is 0.0373. The van der Waals surface area contributed by atoms with Gasteiger partial charge < -0.3 is 44.7 Å². The van der Waals surface area contributed by atoms with E-state index in [9.17, 15) is 29.4 Å². The quantitative estimate of drug-likeness (QED) is 0.131. The van der Waals surface area contributed by atoms with Crippen molar-refractivity contribution in [2.45, 2.75) is 56.0 Å². The highest BCUT2D eigenvalue weighted by molar-refractivity contribution is 8.07. The molecule has 0 radical (unpaired) electrons. The molecule has 3 aliphatic heterocycles. The largest absolute Gasteiger partial charge is 0.472 e. The molecule has 7 N–H and O–H groups in total. The second kappa shape index (κ2) is 11.2. The average Bonchev–Trinajstić information content (AvgIpc) is 3.72. The number of anilines is 1. The van der Waals surface area contributed by atoms with Crippen molar-refractivity contribution in [1.82, 2.24) is 39.0 Å². The number of H-pyrrole nitrogens is 1. The number of imidazole rings is 2. The summed E-state index contributed by atoms with van der Waals surface area (Å²) in [6.07, 6.45) is -7.88. The standard InChI is InChI=1S/C21H25N9O12P2S/c1-7-27-18-11(19(33)28-7)26-6-30(18)21-15-12(31)8(39-21)2-38-44(36,45)42-14-9(3-37-43(34,35)41-15)40-20(13(14)32)29-5-25-10-16(22)23-4-24-17(10)29/h4-6,8-9,12-15,20-21,31-32H,2-3H2,1H3,(H,34,35)(H,36,45)(H2,22,23,24)(H,27,28,33)/t8-,9-,12?,13?,14+,15+,20-,21-,44?/m1/s1. The molecule has 3 aliphatic rings. The van der Waals surface area contributed by atoms with Gasteiger partial charge in [-0.05, 0) is 18.7 Å². The lowest BCUT2D eigenvalue weighted by Crippen LogP contribution is -2.36. The first kappa shape index (κ1) is 30.8. The SMILES string of the molecule is Cc1nc2c(ncn2[C@@H]2O[C@@H]3COP(O)(=S)O[C@@H]4C(O)[C@H](n5cnc6c(N)ncnc65)O[C@@H]4COP(=O)(O)O[C@H]2C3O)c(=O)[nH]1. The van der Waals surface area contributed by atoms with Crippen LogP contribution in [0.4, 0.5) is 5.82 Å². The van der Waals surface area contributed by atoms with Gasteiger partial charge in [0.1, 0.15) is 54.3 Å². The van der Waals surface area contributed by atoms with Crippen LogP contribution in [0.1, 0.15) is 18.3 Å². The third-order valence-corrected chi connectivity index (χ3v) is 9.97. The fraction of sp³-hybridized carbons (Fsp3) is 0.524. The van der Waals surface area contributed by atoms with Crippen LogP contribution in [0, 0.1) is 6.92 Å². The Morgan fingerprint density at radius 1 is 0.933 bits per heavy atom. The number of aromatic amines is 1. The number of nitrogens with one attached hydrogen (secondary N) is 1. The number of rotatable bonds is 2. The van der Waals surface area contributed by atoms with Crippen molar-refractivity contribution in [3.05, 3.63) is 35.2 Å². The van der Waals surface area contributed by atoms with Crippen LogP contribution < -0.4 is 11.3 Å². The molecule has 0 aliphatic carbocycles. The number of aromatic nitrogens is 8. The van der Waals surface area contributed by atoms with E-state index in [1.807, 2.05) is 0 Å². The maximum atomic E-state index is 13.2. The number of hydrogen-bond acceptors (Lipinski definition) is 17. The number of aliphatic hydroxyl groups is 2. The lowest BCUT2D eigenvalue weighted by Gasteiger charge is -2.27. The fourth-order valence-corrected chi connectivity index (χ4v) is 7.77. The molecule has 0 aromatic carbocycles. The first-order chi connectivity index (χ1) is 21.3. The molecule has 4 aromatic heterocycles. The molecule has 4 aromatic rings. The van der Waals surface area contributed by atoms with Crippen LogP contribution in [-0.2, 0) is 43.9 Å². The van der Waals surface area contributed by atoms with Gasteiger partial charge in [0, 0.05) is 0 Å². The van der Waals surface area contributed by atoms with Gasteiger partial charge in [0.05, 0.1) is 25.9 Å². The number of ether oxygens (including phenoxy) is 2. The van der Waals surface area contributed by atoms with Crippen molar-refractivity contribution < 1.29 is 52.1 Å². The molecular weight excluding hydrogens is 664 g/mol. The van der Waals surface area contributed by atoms with Gasteiger partial charge in [0.25, 0.3) is 5.56 Å². The van der Waals surface area contributed by atoms with Crippen LogP contribution in [0.3, 0.4) is 0 Å². The second-order valence-electron chi connectivity index (χ2n) is 10.3. The van der Waals surface area contributed by atoms with Gasteiger partial charge in [0.2, 0.25) is 0 Å². The summed E-state index contributed by atoms with van der Waals surface area (Å²) in [5.41, 5.74) is 5.71. The summed E-state index contributed by atoms with van der Waals surface area (Å²) in [6, 6.07) is 0. The maximum Gasteiger partial charge on any atom is 0.472 e. The van der Waals surface area contributed by atoms with E-state index in [0.29, 0.717) is 0 Å². The summed E-state index contributed by atoms with van der Waals surface area (Å²) in [7, 11) is -5.04. The molecule has 0 spiro atoms. The highest BCUT2D eigenvalue weighted by Crippen LogP contribution is 2.53. The third kappa shape index (κ3) is 5.50. The summed E-state index contributed by atoms with van der Waals surface area (Å²) < 4.78 is 49.4. The molecule has 0 saturated carbocycles. The Balaban J connectivity index is 1.21. The smallest absolute Gasteiger partial charge is 0.387 e. The topological polar surface area (TPSA) is 287 Å². The van der Waals surface area contributed by atoms with Crippen molar-refractivity contribution in [1.29, 1.82) is 0 Å². The Morgan fingerprint density at radius 3 is 2.40 bits per heavy atom. The first-order valence-electron chi connectivity index (χ1n) is 13.2. The number of phosphoric ester groups is 1. The molecule has 45 heavy (non-hydrogen) atoms. The molecule has 7 rings (SSSR count). The number of aliphatic hydroxyl groups excluding tert-OH is 2. The molecule has 10 atom stereocenters. The van der Waals surface area contributed by atoms with Crippen molar-refractivity contribution in [3.63, 3.8) is 0 Å². The van der Waals surface area contributed by atoms with E-state index in [-0.39, 0.29) is 34.0 Å². The lowest BCUT2D eigenvalue weighted by molar-refractivity contribution is -0.0647. The Hall–Kier alpha value is -2.82. The summed E-state index contributed by atoms with van der Waals surface area (Å²) in [5, 5.41) is 22.3. The first-order valence-corrected chi connectivity index (χ1v) is 17.3. The molecule has 2 bridgehead atoms. The number of hydrogen-bond donors (Lipinski definition) is 6. The van der Waals surface area contributed by atoms with Gasteiger partial charge >= 0.3 is 14.5 Å². The monoisotopic (exact) mass is 689 g/mol. The Morgan fingerprint density at radius 2 is 1.62 bits per heavy atom. The van der Waals surface area contributed by atoms with Crippen LogP contribution >= 0.6 is 14.5 Å². The van der Waals surface area contributed by atoms with Crippen LogP contribution in [0.15, 0.2) is 23.8 Å². The van der Waals surface area contributed by atoms with E-state index in [1.54, 1.807) is 0 Å². The average molecular weight is 689 g/mol. The highest BCUT2D eigenvalue weighted by atomic mass is 32.5. The third-order valence-electron chi connectivity index (χ3n) is 7.42. The molecule has 0 amide bonds. The van der Waals surface area contributed by atoms with Gasteiger partial charge in [-0.25, -0.2) is 29.5 Å². The molecule has 3 fully saturated rings. The Bertz CT molecular complexity index is 1940. The number of fused-ring (bicyclic) bond motifs is 5. The summed E-state index contributed by atoms with van der Waals surface area (Å²) in [4.78, 5) is 57.0. The molecule has 3 saturated heterocycles. The van der Waals surface area contributed by atoms with E-state index in [2.05, 4.69) is 29.9 Å². The summed E-state index contributed by atoms with van der Waals surface area (Å²) >= 11 is 5.19.